The molecule has 86 valence electrons. The first-order chi connectivity index (χ1) is 6.94. The smallest absolute Gasteiger partial charge is 0.242 e. The minimum Gasteiger partial charge on any atom is -0.379 e. The molecule has 0 radical (unpaired) electrons. The van der Waals surface area contributed by atoms with Crippen molar-refractivity contribution in [1.82, 2.24) is 5.32 Å². The van der Waals surface area contributed by atoms with Gasteiger partial charge in [-0.25, -0.2) is 0 Å². The van der Waals surface area contributed by atoms with Gasteiger partial charge in [-0.15, -0.1) is 0 Å². The standard InChI is InChI=1S/C9H17N3O3/c1-6(4-7(10)13)12-8(14)9(11)2-3-15-5-9/h6H,2-5,11H2,1H3,(H2,10,13)(H,12,14). The van der Waals surface area contributed by atoms with Crippen molar-refractivity contribution in [3.63, 3.8) is 0 Å². The first-order valence-electron chi connectivity index (χ1n) is 4.90. The Labute approximate surface area is 88.3 Å². The van der Waals surface area contributed by atoms with Crippen LogP contribution in [0.15, 0.2) is 0 Å². The maximum atomic E-state index is 11.7. The molecule has 5 N–H and O–H groups in total. The van der Waals surface area contributed by atoms with Gasteiger partial charge in [-0.2, -0.15) is 0 Å². The quantitative estimate of drug-likeness (QED) is 0.529. The van der Waals surface area contributed by atoms with E-state index in [9.17, 15) is 9.59 Å². The van der Waals surface area contributed by atoms with E-state index in [-0.39, 0.29) is 25.0 Å². The lowest BCUT2D eigenvalue weighted by Gasteiger charge is -2.23. The van der Waals surface area contributed by atoms with Gasteiger partial charge >= 0.3 is 0 Å². The van der Waals surface area contributed by atoms with E-state index in [2.05, 4.69) is 5.32 Å². The van der Waals surface area contributed by atoms with Gasteiger partial charge in [-0.05, 0) is 13.3 Å². The fraction of sp³-hybridized carbons (Fsp3) is 0.778. The Morgan fingerprint density at radius 1 is 1.60 bits per heavy atom. The normalized spacial score (nSPS) is 27.3. The number of hydrogen-bond acceptors (Lipinski definition) is 4. The predicted octanol–water partition coefficient (Wildman–Crippen LogP) is -1.52. The fourth-order valence-corrected chi connectivity index (χ4v) is 1.48. The van der Waals surface area contributed by atoms with Gasteiger partial charge in [0.25, 0.3) is 0 Å². The molecule has 6 nitrogen and oxygen atoms in total. The summed E-state index contributed by atoms with van der Waals surface area (Å²) in [6, 6.07) is -0.295. The summed E-state index contributed by atoms with van der Waals surface area (Å²) < 4.78 is 5.07. The van der Waals surface area contributed by atoms with Crippen LogP contribution >= 0.6 is 0 Å². The number of nitrogens with one attached hydrogen (secondary N) is 1. The summed E-state index contributed by atoms with van der Waals surface area (Å²) in [6.07, 6.45) is 0.616. The van der Waals surface area contributed by atoms with Gasteiger partial charge in [0.05, 0.1) is 6.61 Å². The highest BCUT2D eigenvalue weighted by Crippen LogP contribution is 2.15. The third kappa shape index (κ3) is 3.17. The van der Waals surface area contributed by atoms with Crippen LogP contribution in [0.5, 0.6) is 0 Å². The van der Waals surface area contributed by atoms with Crippen molar-refractivity contribution in [3.05, 3.63) is 0 Å². The zero-order chi connectivity index (χ0) is 11.5. The summed E-state index contributed by atoms with van der Waals surface area (Å²) >= 11 is 0. The van der Waals surface area contributed by atoms with Gasteiger partial charge in [-0.3, -0.25) is 9.59 Å². The molecule has 0 spiro atoms. The fourth-order valence-electron chi connectivity index (χ4n) is 1.48. The number of carbonyl (C=O) groups is 2. The Hall–Kier alpha value is -1.14. The van der Waals surface area contributed by atoms with Crippen molar-refractivity contribution in [2.45, 2.75) is 31.3 Å². The summed E-state index contributed by atoms with van der Waals surface area (Å²) in [6.45, 7) is 2.43. The van der Waals surface area contributed by atoms with Crippen molar-refractivity contribution in [1.29, 1.82) is 0 Å². The largest absolute Gasteiger partial charge is 0.379 e. The number of primary amides is 1. The molecule has 2 atom stereocenters. The molecule has 1 aliphatic rings. The van der Waals surface area contributed by atoms with Crippen LogP contribution in [-0.2, 0) is 14.3 Å². The van der Waals surface area contributed by atoms with Crippen LogP contribution in [0.2, 0.25) is 0 Å². The highest BCUT2D eigenvalue weighted by Gasteiger charge is 2.38. The molecule has 1 rings (SSSR count). The van der Waals surface area contributed by atoms with Crippen LogP contribution in [0.25, 0.3) is 0 Å². The van der Waals surface area contributed by atoms with Crippen LogP contribution in [0.4, 0.5) is 0 Å². The van der Waals surface area contributed by atoms with E-state index in [0.29, 0.717) is 13.0 Å². The van der Waals surface area contributed by atoms with E-state index in [1.54, 1.807) is 6.92 Å². The van der Waals surface area contributed by atoms with Crippen molar-refractivity contribution in [2.75, 3.05) is 13.2 Å². The van der Waals surface area contributed by atoms with E-state index in [1.165, 1.54) is 0 Å². The van der Waals surface area contributed by atoms with Crippen molar-refractivity contribution < 1.29 is 14.3 Å². The third-order valence-corrected chi connectivity index (χ3v) is 2.39. The van der Waals surface area contributed by atoms with Crippen LogP contribution in [-0.4, -0.2) is 36.6 Å². The lowest BCUT2D eigenvalue weighted by molar-refractivity contribution is -0.127. The number of nitrogens with two attached hydrogens (primary N) is 2. The van der Waals surface area contributed by atoms with Gasteiger partial charge in [0.15, 0.2) is 0 Å². The predicted molar refractivity (Wildman–Crippen MR) is 53.8 cm³/mol. The van der Waals surface area contributed by atoms with E-state index in [4.69, 9.17) is 16.2 Å². The molecule has 0 saturated carbocycles. The van der Waals surface area contributed by atoms with E-state index >= 15 is 0 Å². The van der Waals surface area contributed by atoms with Crippen LogP contribution < -0.4 is 16.8 Å². The second-order valence-corrected chi connectivity index (χ2v) is 4.00. The average Bonchev–Trinajstić information content (AvgIpc) is 2.51. The minimum atomic E-state index is -0.952. The van der Waals surface area contributed by atoms with Gasteiger partial charge in [0.1, 0.15) is 5.54 Å². The first kappa shape index (κ1) is 11.9. The monoisotopic (exact) mass is 215 g/mol. The van der Waals surface area contributed by atoms with Crippen LogP contribution in [0.1, 0.15) is 19.8 Å². The molecule has 0 aliphatic carbocycles. The minimum absolute atomic E-state index is 0.114. The molecule has 1 saturated heterocycles. The van der Waals surface area contributed by atoms with E-state index in [0.717, 1.165) is 0 Å². The van der Waals surface area contributed by atoms with Crippen molar-refractivity contribution in [3.8, 4) is 0 Å². The lowest BCUT2D eigenvalue weighted by Crippen LogP contribution is -2.56. The highest BCUT2D eigenvalue weighted by molar-refractivity contribution is 5.87. The Kier molecular flexibility index (Phi) is 3.65. The molecule has 0 aromatic carbocycles. The number of rotatable bonds is 4. The van der Waals surface area contributed by atoms with Crippen LogP contribution in [0.3, 0.4) is 0 Å². The summed E-state index contributed by atoms with van der Waals surface area (Å²) in [7, 11) is 0. The number of amides is 2. The molecule has 1 heterocycles. The summed E-state index contributed by atoms with van der Waals surface area (Å²) in [5, 5.41) is 2.65. The van der Waals surface area contributed by atoms with Crippen molar-refractivity contribution >= 4 is 11.8 Å². The first-order valence-corrected chi connectivity index (χ1v) is 4.90. The van der Waals surface area contributed by atoms with Gasteiger partial charge in [0.2, 0.25) is 11.8 Å². The average molecular weight is 215 g/mol. The Morgan fingerprint density at radius 3 is 2.73 bits per heavy atom. The highest BCUT2D eigenvalue weighted by atomic mass is 16.5. The molecule has 2 amide bonds. The molecule has 1 aliphatic heterocycles. The molecule has 6 heteroatoms. The van der Waals surface area contributed by atoms with Crippen LogP contribution in [0, 0.1) is 0 Å². The molecular weight excluding hydrogens is 198 g/mol. The molecule has 2 unspecified atom stereocenters. The number of ether oxygens (including phenoxy) is 1. The summed E-state index contributed by atoms with van der Waals surface area (Å²) in [4.78, 5) is 22.3. The second kappa shape index (κ2) is 4.59. The van der Waals surface area contributed by atoms with Gasteiger partial charge < -0.3 is 21.5 Å². The molecule has 0 aromatic heterocycles. The second-order valence-electron chi connectivity index (χ2n) is 4.00. The lowest BCUT2D eigenvalue weighted by atomic mass is 9.98. The van der Waals surface area contributed by atoms with E-state index < -0.39 is 11.4 Å². The Morgan fingerprint density at radius 2 is 2.27 bits per heavy atom. The molecule has 0 bridgehead atoms. The number of hydrogen-bond donors (Lipinski definition) is 3. The zero-order valence-electron chi connectivity index (χ0n) is 8.79. The SMILES string of the molecule is CC(CC(N)=O)NC(=O)C1(N)CCOC1. The summed E-state index contributed by atoms with van der Waals surface area (Å²) in [5.74, 6) is -0.731. The van der Waals surface area contributed by atoms with Gasteiger partial charge in [-0.1, -0.05) is 0 Å². The maximum absolute atomic E-state index is 11.7. The van der Waals surface area contributed by atoms with Gasteiger partial charge in [0, 0.05) is 19.1 Å². The number of carbonyl (C=O) groups excluding carboxylic acids is 2. The molecule has 1 fully saturated rings. The molecule has 15 heavy (non-hydrogen) atoms. The van der Waals surface area contributed by atoms with E-state index in [1.807, 2.05) is 0 Å². The topological polar surface area (TPSA) is 107 Å². The Balaban J connectivity index is 2.44. The van der Waals surface area contributed by atoms with Crippen molar-refractivity contribution in [2.24, 2.45) is 11.5 Å². The molecular formula is C9H17N3O3. The third-order valence-electron chi connectivity index (χ3n) is 2.39. The summed E-state index contributed by atoms with van der Waals surface area (Å²) in [5.41, 5.74) is 9.89. The maximum Gasteiger partial charge on any atom is 0.242 e. The Bertz CT molecular complexity index is 261. The molecule has 0 aromatic rings. The zero-order valence-corrected chi connectivity index (χ0v) is 8.79.